The Morgan fingerprint density at radius 3 is 2.45 bits per heavy atom. The molecule has 0 heterocycles. The van der Waals surface area contributed by atoms with Crippen LogP contribution in [0.1, 0.15) is 40.0 Å². The Labute approximate surface area is 118 Å². The number of ether oxygens (including phenoxy) is 1. The van der Waals surface area contributed by atoms with Crippen molar-refractivity contribution in [2.24, 2.45) is 5.11 Å². The third kappa shape index (κ3) is 12.5. The predicted molar refractivity (Wildman–Crippen MR) is 75.1 cm³/mol. The van der Waals surface area contributed by atoms with E-state index in [1.165, 1.54) is 0 Å². The number of nitrogens with zero attached hydrogens (tertiary/aromatic N) is 3. The van der Waals surface area contributed by atoms with Crippen molar-refractivity contribution in [1.29, 1.82) is 0 Å². The first-order valence-corrected chi connectivity index (χ1v) is 6.59. The molecule has 0 rings (SSSR count). The van der Waals surface area contributed by atoms with Crippen LogP contribution in [-0.2, 0) is 9.53 Å². The fraction of sp³-hybridized carbons (Fsp3) is 0.833. The molecule has 2 amide bonds. The lowest BCUT2D eigenvalue weighted by atomic mass is 10.2. The molecule has 0 aliphatic heterocycles. The maximum atomic E-state index is 11.4. The normalized spacial score (nSPS) is 10.3. The molecule has 8 nitrogen and oxygen atoms in total. The van der Waals surface area contributed by atoms with Crippen LogP contribution in [0.2, 0.25) is 0 Å². The van der Waals surface area contributed by atoms with Gasteiger partial charge in [0.15, 0.2) is 0 Å². The van der Waals surface area contributed by atoms with E-state index in [1.807, 2.05) is 0 Å². The first kappa shape index (κ1) is 18.0. The standard InChI is InChI=1S/C12H23N5O3/c1-12(2,3)20-11(19)15-9-8-14-10(18)6-4-5-7-16-17-13/h4-9H2,1-3H3,(H,14,18)(H,15,19). The molecular formula is C12H23N5O3. The molecule has 20 heavy (non-hydrogen) atoms. The summed E-state index contributed by atoms with van der Waals surface area (Å²) in [5.41, 5.74) is 7.54. The van der Waals surface area contributed by atoms with E-state index in [0.29, 0.717) is 38.9 Å². The predicted octanol–water partition coefficient (Wildman–Crippen LogP) is 2.11. The molecule has 0 fully saturated rings. The quantitative estimate of drug-likeness (QED) is 0.308. The molecule has 114 valence electrons. The van der Waals surface area contributed by atoms with Gasteiger partial charge < -0.3 is 15.4 Å². The second kappa shape index (κ2) is 9.91. The van der Waals surface area contributed by atoms with Gasteiger partial charge in [0.05, 0.1) is 0 Å². The van der Waals surface area contributed by atoms with Crippen LogP contribution in [0, 0.1) is 0 Å². The van der Waals surface area contributed by atoms with E-state index in [2.05, 4.69) is 20.7 Å². The highest BCUT2D eigenvalue weighted by atomic mass is 16.6. The molecule has 0 radical (unpaired) electrons. The van der Waals surface area contributed by atoms with Crippen molar-refractivity contribution in [3.8, 4) is 0 Å². The van der Waals surface area contributed by atoms with Crippen LogP contribution in [0.4, 0.5) is 4.79 Å². The third-order valence-corrected chi connectivity index (χ3v) is 2.09. The zero-order valence-corrected chi connectivity index (χ0v) is 12.3. The summed E-state index contributed by atoms with van der Waals surface area (Å²) in [4.78, 5) is 25.3. The molecule has 0 spiro atoms. The van der Waals surface area contributed by atoms with E-state index in [1.54, 1.807) is 20.8 Å². The number of carbonyl (C=O) groups is 2. The smallest absolute Gasteiger partial charge is 0.407 e. The number of azide groups is 1. The maximum absolute atomic E-state index is 11.4. The summed E-state index contributed by atoms with van der Waals surface area (Å²) in [5.74, 6) is -0.0862. The second-order valence-electron chi connectivity index (χ2n) is 5.19. The summed E-state index contributed by atoms with van der Waals surface area (Å²) in [6, 6.07) is 0. The zero-order valence-electron chi connectivity index (χ0n) is 12.3. The average Bonchev–Trinajstić information content (AvgIpc) is 2.32. The Bertz CT molecular complexity index is 359. The fourth-order valence-corrected chi connectivity index (χ4v) is 1.28. The Kier molecular flexibility index (Phi) is 8.95. The Morgan fingerprint density at radius 1 is 1.20 bits per heavy atom. The lowest BCUT2D eigenvalue weighted by Gasteiger charge is -2.19. The topological polar surface area (TPSA) is 116 Å². The number of hydrogen-bond donors (Lipinski definition) is 2. The maximum Gasteiger partial charge on any atom is 0.407 e. The molecule has 8 heteroatoms. The molecular weight excluding hydrogens is 262 g/mol. The first-order valence-electron chi connectivity index (χ1n) is 6.59. The van der Waals surface area contributed by atoms with Crippen LogP contribution in [0.25, 0.3) is 10.4 Å². The van der Waals surface area contributed by atoms with Gasteiger partial charge in [-0.25, -0.2) is 4.79 Å². The van der Waals surface area contributed by atoms with Gasteiger partial charge in [0.2, 0.25) is 5.91 Å². The van der Waals surface area contributed by atoms with Crippen molar-refractivity contribution in [2.45, 2.75) is 45.6 Å². The number of amides is 2. The fourth-order valence-electron chi connectivity index (χ4n) is 1.28. The molecule has 0 saturated heterocycles. The summed E-state index contributed by atoms with van der Waals surface area (Å²) >= 11 is 0. The van der Waals surface area contributed by atoms with Gasteiger partial charge in [-0.05, 0) is 39.1 Å². The van der Waals surface area contributed by atoms with E-state index in [9.17, 15) is 9.59 Å². The second-order valence-corrected chi connectivity index (χ2v) is 5.19. The number of nitrogens with one attached hydrogen (secondary N) is 2. The van der Waals surface area contributed by atoms with E-state index in [0.717, 1.165) is 0 Å². The third-order valence-electron chi connectivity index (χ3n) is 2.09. The van der Waals surface area contributed by atoms with Crippen molar-refractivity contribution in [3.05, 3.63) is 10.4 Å². The molecule has 0 unspecified atom stereocenters. The molecule has 0 bridgehead atoms. The number of unbranched alkanes of at least 4 members (excludes halogenated alkanes) is 1. The summed E-state index contributed by atoms with van der Waals surface area (Å²) in [5, 5.41) is 8.61. The van der Waals surface area contributed by atoms with E-state index in [4.69, 9.17) is 10.3 Å². The Balaban J connectivity index is 3.52. The monoisotopic (exact) mass is 285 g/mol. The van der Waals surface area contributed by atoms with E-state index >= 15 is 0 Å². The van der Waals surface area contributed by atoms with Crippen molar-refractivity contribution < 1.29 is 14.3 Å². The van der Waals surface area contributed by atoms with Crippen LogP contribution in [-0.4, -0.2) is 37.2 Å². The van der Waals surface area contributed by atoms with Gasteiger partial charge in [0.25, 0.3) is 0 Å². The molecule has 2 N–H and O–H groups in total. The van der Waals surface area contributed by atoms with Crippen LogP contribution >= 0.6 is 0 Å². The van der Waals surface area contributed by atoms with Crippen molar-refractivity contribution in [3.63, 3.8) is 0 Å². The SMILES string of the molecule is CC(C)(C)OC(=O)NCCNC(=O)CCCCN=[N+]=[N-]. The number of hydrogen-bond acceptors (Lipinski definition) is 4. The van der Waals surface area contributed by atoms with Gasteiger partial charge in [-0.15, -0.1) is 0 Å². The van der Waals surface area contributed by atoms with E-state index in [-0.39, 0.29) is 5.91 Å². The summed E-state index contributed by atoms with van der Waals surface area (Å²) in [6.45, 7) is 6.43. The van der Waals surface area contributed by atoms with Crippen LogP contribution in [0.15, 0.2) is 5.11 Å². The highest BCUT2D eigenvalue weighted by Crippen LogP contribution is 2.05. The minimum Gasteiger partial charge on any atom is -0.444 e. The summed E-state index contributed by atoms with van der Waals surface area (Å²) < 4.78 is 5.04. The van der Waals surface area contributed by atoms with Gasteiger partial charge >= 0.3 is 6.09 Å². The number of carbonyl (C=O) groups excluding carboxylic acids is 2. The largest absolute Gasteiger partial charge is 0.444 e. The highest BCUT2D eigenvalue weighted by molar-refractivity contribution is 5.75. The van der Waals surface area contributed by atoms with Crippen LogP contribution < -0.4 is 10.6 Å². The van der Waals surface area contributed by atoms with Crippen LogP contribution in [0.5, 0.6) is 0 Å². The summed E-state index contributed by atoms with van der Waals surface area (Å²) in [7, 11) is 0. The summed E-state index contributed by atoms with van der Waals surface area (Å²) in [6.07, 6.45) is 1.24. The molecule has 0 aromatic heterocycles. The minimum absolute atomic E-state index is 0.0862. The number of rotatable bonds is 8. The molecule has 0 aliphatic carbocycles. The van der Waals surface area contributed by atoms with E-state index < -0.39 is 11.7 Å². The first-order chi connectivity index (χ1) is 9.35. The number of alkyl carbamates (subject to hydrolysis) is 1. The molecule has 0 aromatic rings. The van der Waals surface area contributed by atoms with Gasteiger partial charge in [-0.3, -0.25) is 4.79 Å². The Morgan fingerprint density at radius 2 is 1.85 bits per heavy atom. The zero-order chi connectivity index (χ0) is 15.4. The van der Waals surface area contributed by atoms with Crippen molar-refractivity contribution >= 4 is 12.0 Å². The lowest BCUT2D eigenvalue weighted by Crippen LogP contribution is -2.37. The van der Waals surface area contributed by atoms with Gasteiger partial charge in [0.1, 0.15) is 5.60 Å². The van der Waals surface area contributed by atoms with Gasteiger partial charge in [-0.1, -0.05) is 5.11 Å². The average molecular weight is 285 g/mol. The van der Waals surface area contributed by atoms with Crippen molar-refractivity contribution in [2.75, 3.05) is 19.6 Å². The Hall–Kier alpha value is -1.95. The van der Waals surface area contributed by atoms with Crippen LogP contribution in [0.3, 0.4) is 0 Å². The highest BCUT2D eigenvalue weighted by Gasteiger charge is 2.15. The minimum atomic E-state index is -0.529. The lowest BCUT2D eigenvalue weighted by molar-refractivity contribution is -0.121. The molecule has 0 aliphatic rings. The molecule has 0 aromatic carbocycles. The van der Waals surface area contributed by atoms with Gasteiger partial charge in [-0.2, -0.15) is 0 Å². The van der Waals surface area contributed by atoms with Crippen molar-refractivity contribution in [1.82, 2.24) is 10.6 Å². The molecule has 0 saturated carbocycles. The molecule has 0 atom stereocenters. The van der Waals surface area contributed by atoms with Gasteiger partial charge in [0, 0.05) is 31.0 Å².